The fourth-order valence-corrected chi connectivity index (χ4v) is 2.75. The van der Waals surface area contributed by atoms with Crippen molar-refractivity contribution in [2.24, 2.45) is 5.73 Å². The summed E-state index contributed by atoms with van der Waals surface area (Å²) < 4.78 is 12.0. The standard InChI is InChI=1S/C17H23NO2S/c1-3-10-19-15-7-5-6-8-16(15)20-17(14(18)4-2)13-9-11-21-12-13/h5-9,11-12,14,17H,3-4,10,18H2,1-2H3. The van der Waals surface area contributed by atoms with Crippen LogP contribution in [0.1, 0.15) is 38.4 Å². The minimum absolute atomic E-state index is 0.0427. The molecule has 21 heavy (non-hydrogen) atoms. The van der Waals surface area contributed by atoms with Gasteiger partial charge in [-0.25, -0.2) is 0 Å². The second kappa shape index (κ2) is 8.05. The summed E-state index contributed by atoms with van der Waals surface area (Å²) in [7, 11) is 0. The lowest BCUT2D eigenvalue weighted by Gasteiger charge is -2.25. The summed E-state index contributed by atoms with van der Waals surface area (Å²) in [5, 5.41) is 4.14. The zero-order valence-electron chi connectivity index (χ0n) is 12.6. The van der Waals surface area contributed by atoms with Gasteiger partial charge in [0.25, 0.3) is 0 Å². The Labute approximate surface area is 130 Å². The lowest BCUT2D eigenvalue weighted by molar-refractivity contribution is 0.161. The van der Waals surface area contributed by atoms with Crippen LogP contribution in [0, 0.1) is 0 Å². The van der Waals surface area contributed by atoms with Crippen LogP contribution in [0.3, 0.4) is 0 Å². The van der Waals surface area contributed by atoms with E-state index in [1.807, 2.05) is 29.6 Å². The summed E-state index contributed by atoms with van der Waals surface area (Å²) in [6, 6.07) is 9.81. The smallest absolute Gasteiger partial charge is 0.162 e. The zero-order valence-corrected chi connectivity index (χ0v) is 13.4. The fourth-order valence-electron chi connectivity index (χ4n) is 2.07. The van der Waals surface area contributed by atoms with Crippen molar-refractivity contribution in [1.29, 1.82) is 0 Å². The van der Waals surface area contributed by atoms with Crippen LogP contribution in [0.4, 0.5) is 0 Å². The van der Waals surface area contributed by atoms with Gasteiger partial charge in [-0.15, -0.1) is 0 Å². The van der Waals surface area contributed by atoms with Crippen LogP contribution in [-0.2, 0) is 0 Å². The van der Waals surface area contributed by atoms with E-state index in [4.69, 9.17) is 15.2 Å². The molecule has 2 aromatic rings. The van der Waals surface area contributed by atoms with E-state index in [0.717, 1.165) is 29.9 Å². The van der Waals surface area contributed by atoms with Gasteiger partial charge in [0.15, 0.2) is 11.5 Å². The molecule has 2 atom stereocenters. The van der Waals surface area contributed by atoms with E-state index in [1.54, 1.807) is 11.3 Å². The molecule has 0 aliphatic heterocycles. The number of ether oxygens (including phenoxy) is 2. The van der Waals surface area contributed by atoms with E-state index >= 15 is 0 Å². The van der Waals surface area contributed by atoms with Gasteiger partial charge in [-0.1, -0.05) is 26.0 Å². The molecule has 0 amide bonds. The predicted molar refractivity (Wildman–Crippen MR) is 88.2 cm³/mol. The lowest BCUT2D eigenvalue weighted by Crippen LogP contribution is -2.31. The highest BCUT2D eigenvalue weighted by Crippen LogP contribution is 2.33. The fraction of sp³-hybridized carbons (Fsp3) is 0.412. The second-order valence-corrected chi connectivity index (χ2v) is 5.74. The summed E-state index contributed by atoms with van der Waals surface area (Å²) in [6.45, 7) is 4.85. The lowest BCUT2D eigenvalue weighted by atomic mass is 10.0. The first-order valence-corrected chi connectivity index (χ1v) is 8.36. The van der Waals surface area contributed by atoms with Crippen LogP contribution >= 0.6 is 11.3 Å². The van der Waals surface area contributed by atoms with Gasteiger partial charge in [-0.3, -0.25) is 0 Å². The molecule has 2 rings (SSSR count). The van der Waals surface area contributed by atoms with Gasteiger partial charge in [0, 0.05) is 11.6 Å². The molecule has 0 aliphatic rings. The van der Waals surface area contributed by atoms with Crippen molar-refractivity contribution >= 4 is 11.3 Å². The summed E-state index contributed by atoms with van der Waals surface area (Å²) in [5.74, 6) is 1.54. The van der Waals surface area contributed by atoms with E-state index in [2.05, 4.69) is 25.3 Å². The molecule has 0 bridgehead atoms. The Bertz CT molecular complexity index is 527. The van der Waals surface area contributed by atoms with Gasteiger partial charge in [0.2, 0.25) is 0 Å². The third-order valence-corrected chi connectivity index (χ3v) is 4.00. The van der Waals surface area contributed by atoms with Crippen LogP contribution in [0.15, 0.2) is 41.1 Å². The van der Waals surface area contributed by atoms with Crippen molar-refractivity contribution in [3.63, 3.8) is 0 Å². The molecule has 114 valence electrons. The highest BCUT2D eigenvalue weighted by molar-refractivity contribution is 7.07. The first kappa shape index (κ1) is 15.9. The zero-order chi connectivity index (χ0) is 15.1. The Kier molecular flexibility index (Phi) is 6.08. The van der Waals surface area contributed by atoms with Crippen molar-refractivity contribution in [1.82, 2.24) is 0 Å². The predicted octanol–water partition coefficient (Wildman–Crippen LogP) is 4.39. The first-order valence-electron chi connectivity index (χ1n) is 7.42. The Morgan fingerprint density at radius 1 is 1.14 bits per heavy atom. The molecule has 1 aromatic heterocycles. The molecule has 2 unspecified atom stereocenters. The molecule has 1 heterocycles. The Hall–Kier alpha value is -1.52. The molecule has 0 radical (unpaired) electrons. The average Bonchev–Trinajstić information content (AvgIpc) is 3.04. The molecule has 2 N–H and O–H groups in total. The van der Waals surface area contributed by atoms with Crippen molar-refractivity contribution < 1.29 is 9.47 Å². The number of benzene rings is 1. The maximum absolute atomic E-state index is 6.25. The minimum Gasteiger partial charge on any atom is -0.490 e. The number of nitrogens with two attached hydrogens (primary N) is 1. The molecule has 4 heteroatoms. The van der Waals surface area contributed by atoms with Crippen LogP contribution < -0.4 is 15.2 Å². The van der Waals surface area contributed by atoms with Gasteiger partial charge in [-0.05, 0) is 41.8 Å². The Morgan fingerprint density at radius 3 is 2.52 bits per heavy atom. The highest BCUT2D eigenvalue weighted by Gasteiger charge is 2.22. The molecule has 0 fully saturated rings. The van der Waals surface area contributed by atoms with Crippen molar-refractivity contribution in [2.45, 2.75) is 38.8 Å². The largest absolute Gasteiger partial charge is 0.490 e. The SMILES string of the molecule is CCCOc1ccccc1OC(c1ccsc1)C(N)CC. The van der Waals surface area contributed by atoms with Crippen LogP contribution in [-0.4, -0.2) is 12.6 Å². The number of para-hydroxylation sites is 2. The maximum Gasteiger partial charge on any atom is 0.162 e. The molecular formula is C17H23NO2S. The molecule has 3 nitrogen and oxygen atoms in total. The van der Waals surface area contributed by atoms with Gasteiger partial charge in [0.05, 0.1) is 6.61 Å². The van der Waals surface area contributed by atoms with Crippen LogP contribution in [0.5, 0.6) is 11.5 Å². The number of hydrogen-bond donors (Lipinski definition) is 1. The Morgan fingerprint density at radius 2 is 1.90 bits per heavy atom. The van der Waals surface area contributed by atoms with E-state index in [-0.39, 0.29) is 12.1 Å². The van der Waals surface area contributed by atoms with Gasteiger partial charge in [0.1, 0.15) is 6.10 Å². The van der Waals surface area contributed by atoms with E-state index in [0.29, 0.717) is 6.61 Å². The van der Waals surface area contributed by atoms with Crippen molar-refractivity contribution in [2.75, 3.05) is 6.61 Å². The monoisotopic (exact) mass is 305 g/mol. The molecule has 0 saturated carbocycles. The molecule has 0 spiro atoms. The molecule has 0 saturated heterocycles. The number of rotatable bonds is 8. The third-order valence-electron chi connectivity index (χ3n) is 3.30. The highest BCUT2D eigenvalue weighted by atomic mass is 32.1. The van der Waals surface area contributed by atoms with Gasteiger partial charge in [-0.2, -0.15) is 11.3 Å². The van der Waals surface area contributed by atoms with Gasteiger partial charge >= 0.3 is 0 Å². The van der Waals surface area contributed by atoms with Crippen LogP contribution in [0.25, 0.3) is 0 Å². The molecular weight excluding hydrogens is 282 g/mol. The second-order valence-electron chi connectivity index (χ2n) is 4.96. The summed E-state index contributed by atoms with van der Waals surface area (Å²) >= 11 is 1.66. The minimum atomic E-state index is -0.146. The molecule has 0 aliphatic carbocycles. The number of hydrogen-bond acceptors (Lipinski definition) is 4. The number of thiophene rings is 1. The first-order chi connectivity index (χ1) is 10.3. The normalized spacial score (nSPS) is 13.7. The van der Waals surface area contributed by atoms with Crippen molar-refractivity contribution in [3.8, 4) is 11.5 Å². The van der Waals surface area contributed by atoms with Gasteiger partial charge < -0.3 is 15.2 Å². The quantitative estimate of drug-likeness (QED) is 0.786. The third kappa shape index (κ3) is 4.22. The topological polar surface area (TPSA) is 44.5 Å². The summed E-state index contributed by atoms with van der Waals surface area (Å²) in [4.78, 5) is 0. The summed E-state index contributed by atoms with van der Waals surface area (Å²) in [6.07, 6.45) is 1.68. The molecule has 1 aromatic carbocycles. The van der Waals surface area contributed by atoms with E-state index in [1.165, 1.54) is 0 Å². The average molecular weight is 305 g/mol. The van der Waals surface area contributed by atoms with Crippen LogP contribution in [0.2, 0.25) is 0 Å². The van der Waals surface area contributed by atoms with E-state index < -0.39 is 0 Å². The maximum atomic E-state index is 6.25. The summed E-state index contributed by atoms with van der Waals surface area (Å²) in [5.41, 5.74) is 7.37. The van der Waals surface area contributed by atoms with E-state index in [9.17, 15) is 0 Å². The Balaban J connectivity index is 2.20. The van der Waals surface area contributed by atoms with Crippen molar-refractivity contribution in [3.05, 3.63) is 46.7 Å².